The highest BCUT2D eigenvalue weighted by molar-refractivity contribution is 5.69. The number of ether oxygens (including phenoxy) is 2. The largest absolute Gasteiger partial charge is 0.466 e. The second-order valence-corrected chi connectivity index (χ2v) is 12.5. The predicted octanol–water partition coefficient (Wildman–Crippen LogP) is 12.5. The summed E-state index contributed by atoms with van der Waals surface area (Å²) in [5, 5.41) is 0. The fourth-order valence-electron chi connectivity index (χ4n) is 5.26. The maximum Gasteiger partial charge on any atom is 0.305 e. The van der Waals surface area contributed by atoms with Gasteiger partial charge in [0, 0.05) is 19.3 Å². The minimum absolute atomic E-state index is 0.128. The van der Waals surface area contributed by atoms with Gasteiger partial charge < -0.3 is 9.47 Å². The van der Waals surface area contributed by atoms with Gasteiger partial charge in [-0.15, -0.1) is 0 Å². The van der Waals surface area contributed by atoms with E-state index in [0.29, 0.717) is 32.5 Å². The zero-order valence-electron chi connectivity index (χ0n) is 28.9. The molecule has 0 aromatic rings. The van der Waals surface area contributed by atoms with E-state index >= 15 is 0 Å². The minimum Gasteiger partial charge on any atom is -0.466 e. The van der Waals surface area contributed by atoms with Crippen LogP contribution in [0.3, 0.4) is 0 Å². The first-order valence-corrected chi connectivity index (χ1v) is 18.8. The molecule has 0 heterocycles. The maximum atomic E-state index is 11.9. The van der Waals surface area contributed by atoms with E-state index in [1.54, 1.807) is 0 Å². The van der Waals surface area contributed by atoms with E-state index < -0.39 is 0 Å². The van der Waals surface area contributed by atoms with E-state index in [1.807, 2.05) is 0 Å². The fourth-order valence-corrected chi connectivity index (χ4v) is 5.26. The smallest absolute Gasteiger partial charge is 0.305 e. The molecule has 0 spiro atoms. The Morgan fingerprint density at radius 1 is 0.372 bits per heavy atom. The summed E-state index contributed by atoms with van der Waals surface area (Å²) in [5.74, 6) is -0.255. The maximum absolute atomic E-state index is 11.9. The van der Waals surface area contributed by atoms with Gasteiger partial charge in [-0.3, -0.25) is 9.59 Å². The second kappa shape index (κ2) is 36.6. The molecule has 0 rings (SSSR count). The molecule has 0 saturated heterocycles. The highest BCUT2D eigenvalue weighted by Gasteiger charge is 2.05. The number of unbranched alkanes of at least 4 members (excludes halogenated alkanes) is 22. The molecule has 0 bridgehead atoms. The number of esters is 2. The predicted molar refractivity (Wildman–Crippen MR) is 185 cm³/mol. The molecule has 252 valence electrons. The van der Waals surface area contributed by atoms with E-state index in [1.165, 1.54) is 141 Å². The summed E-state index contributed by atoms with van der Waals surface area (Å²) in [4.78, 5) is 23.8. The highest BCUT2D eigenvalue weighted by atomic mass is 16.5. The van der Waals surface area contributed by atoms with E-state index in [9.17, 15) is 9.59 Å². The zero-order valence-corrected chi connectivity index (χ0v) is 28.9. The number of hydrogen-bond acceptors (Lipinski definition) is 4. The van der Waals surface area contributed by atoms with Crippen molar-refractivity contribution in [2.45, 2.75) is 200 Å². The van der Waals surface area contributed by atoms with E-state index in [2.05, 4.69) is 38.2 Å². The van der Waals surface area contributed by atoms with Gasteiger partial charge in [0.05, 0.1) is 13.2 Å². The second-order valence-electron chi connectivity index (χ2n) is 12.5. The van der Waals surface area contributed by atoms with Crippen molar-refractivity contribution in [2.75, 3.05) is 13.2 Å². The Bertz CT molecular complexity index is 585. The number of carbonyl (C=O) groups excluding carboxylic acids is 2. The van der Waals surface area contributed by atoms with Crippen molar-refractivity contribution in [2.24, 2.45) is 0 Å². The average molecular weight is 605 g/mol. The standard InChI is InChI=1S/C39H72O4/c1-3-5-7-9-11-13-15-17-19-21-23-25-27-29-31-34-38(40)42-36-33-37-43-39(41)35-32-30-28-26-24-22-20-18-16-14-12-10-8-6-4-2/h17-20H,3-16,21-37H2,1-2H3/b19-17+,20-18+. The number of carbonyl (C=O) groups is 2. The Kier molecular flexibility index (Phi) is 35.3. The summed E-state index contributed by atoms with van der Waals surface area (Å²) in [6.45, 7) is 5.21. The van der Waals surface area contributed by atoms with Crippen LogP contribution in [0, 0.1) is 0 Å². The molecule has 0 N–H and O–H groups in total. The van der Waals surface area contributed by atoms with Crippen LogP contribution in [0.5, 0.6) is 0 Å². The molecule has 0 unspecified atom stereocenters. The average Bonchev–Trinajstić information content (AvgIpc) is 3.00. The molecule has 0 aromatic carbocycles. The van der Waals surface area contributed by atoms with Gasteiger partial charge in [0.1, 0.15) is 0 Å². The van der Waals surface area contributed by atoms with Crippen LogP contribution >= 0.6 is 0 Å². The Hall–Kier alpha value is -1.58. The van der Waals surface area contributed by atoms with Crippen LogP contribution < -0.4 is 0 Å². The SMILES string of the molecule is CCCCCCCC/C=C/CCCCCCCC(=O)OCCCOC(=O)CCCCCCC/C=C/CCCCCCCC. The molecule has 0 radical (unpaired) electrons. The van der Waals surface area contributed by atoms with Crippen molar-refractivity contribution in [3.8, 4) is 0 Å². The van der Waals surface area contributed by atoms with Crippen LogP contribution in [-0.2, 0) is 19.1 Å². The van der Waals surface area contributed by atoms with Gasteiger partial charge >= 0.3 is 11.9 Å². The van der Waals surface area contributed by atoms with Gasteiger partial charge in [0.15, 0.2) is 0 Å². The van der Waals surface area contributed by atoms with Crippen molar-refractivity contribution >= 4 is 11.9 Å². The van der Waals surface area contributed by atoms with Crippen molar-refractivity contribution in [1.29, 1.82) is 0 Å². The summed E-state index contributed by atoms with van der Waals surface area (Å²) in [6.07, 6.45) is 43.5. The molecule has 0 atom stereocenters. The first-order valence-electron chi connectivity index (χ1n) is 18.8. The molecule has 4 nitrogen and oxygen atoms in total. The van der Waals surface area contributed by atoms with Crippen molar-refractivity contribution < 1.29 is 19.1 Å². The molecule has 0 amide bonds. The van der Waals surface area contributed by atoms with Crippen LogP contribution in [0.2, 0.25) is 0 Å². The molecule has 0 aliphatic rings. The van der Waals surface area contributed by atoms with Gasteiger partial charge in [0.2, 0.25) is 0 Å². The number of allylic oxidation sites excluding steroid dienone is 4. The Labute approximate surface area is 268 Å². The monoisotopic (exact) mass is 605 g/mol. The van der Waals surface area contributed by atoms with Crippen LogP contribution in [-0.4, -0.2) is 25.2 Å². The molecule has 43 heavy (non-hydrogen) atoms. The molecule has 0 aromatic heterocycles. The van der Waals surface area contributed by atoms with Crippen molar-refractivity contribution in [3.63, 3.8) is 0 Å². The highest BCUT2D eigenvalue weighted by Crippen LogP contribution is 2.12. The topological polar surface area (TPSA) is 52.6 Å². The first kappa shape index (κ1) is 41.4. The summed E-state index contributed by atoms with van der Waals surface area (Å²) in [5.41, 5.74) is 0. The van der Waals surface area contributed by atoms with Gasteiger partial charge in [0.25, 0.3) is 0 Å². The van der Waals surface area contributed by atoms with Gasteiger partial charge in [-0.1, -0.05) is 141 Å². The lowest BCUT2D eigenvalue weighted by molar-refractivity contribution is -0.146. The van der Waals surface area contributed by atoms with Crippen molar-refractivity contribution in [1.82, 2.24) is 0 Å². The molecular weight excluding hydrogens is 532 g/mol. The number of hydrogen-bond donors (Lipinski definition) is 0. The summed E-state index contributed by atoms with van der Waals surface area (Å²) in [6, 6.07) is 0. The normalized spacial score (nSPS) is 11.6. The van der Waals surface area contributed by atoms with Crippen LogP contribution in [0.1, 0.15) is 200 Å². The molecule has 0 aliphatic carbocycles. The van der Waals surface area contributed by atoms with Crippen LogP contribution in [0.4, 0.5) is 0 Å². The summed E-state index contributed by atoms with van der Waals surface area (Å²) >= 11 is 0. The third-order valence-electron chi connectivity index (χ3n) is 8.10. The lowest BCUT2D eigenvalue weighted by atomic mass is 10.1. The minimum atomic E-state index is -0.128. The van der Waals surface area contributed by atoms with Gasteiger partial charge in [-0.05, 0) is 64.2 Å². The third-order valence-corrected chi connectivity index (χ3v) is 8.10. The Morgan fingerprint density at radius 2 is 0.651 bits per heavy atom. The van der Waals surface area contributed by atoms with E-state index in [4.69, 9.17) is 9.47 Å². The van der Waals surface area contributed by atoms with Crippen molar-refractivity contribution in [3.05, 3.63) is 24.3 Å². The first-order chi connectivity index (χ1) is 21.2. The van der Waals surface area contributed by atoms with Crippen LogP contribution in [0.15, 0.2) is 24.3 Å². The van der Waals surface area contributed by atoms with E-state index in [-0.39, 0.29) is 11.9 Å². The quantitative estimate of drug-likeness (QED) is 0.0416. The third kappa shape index (κ3) is 36.5. The van der Waals surface area contributed by atoms with Gasteiger partial charge in [-0.2, -0.15) is 0 Å². The molecule has 0 fully saturated rings. The summed E-state index contributed by atoms with van der Waals surface area (Å²) < 4.78 is 10.6. The molecule has 4 heteroatoms. The van der Waals surface area contributed by atoms with E-state index in [0.717, 1.165) is 25.7 Å². The lowest BCUT2D eigenvalue weighted by Crippen LogP contribution is -2.10. The molecule has 0 saturated carbocycles. The number of rotatable bonds is 34. The van der Waals surface area contributed by atoms with Crippen LogP contribution in [0.25, 0.3) is 0 Å². The Morgan fingerprint density at radius 3 is 0.977 bits per heavy atom. The Balaban J connectivity index is 3.33. The van der Waals surface area contributed by atoms with Gasteiger partial charge in [-0.25, -0.2) is 0 Å². The fraction of sp³-hybridized carbons (Fsp3) is 0.846. The summed E-state index contributed by atoms with van der Waals surface area (Å²) in [7, 11) is 0. The lowest BCUT2D eigenvalue weighted by Gasteiger charge is -2.06. The molecule has 0 aliphatic heterocycles. The zero-order chi connectivity index (χ0) is 31.3. The molecular formula is C39H72O4.